The topological polar surface area (TPSA) is 58.3 Å². The zero-order chi connectivity index (χ0) is 39.4. The normalized spacial score (nSPS) is 11.1. The van der Waals surface area contributed by atoms with Crippen molar-refractivity contribution < 1.29 is 4.42 Å². The van der Waals surface area contributed by atoms with Gasteiger partial charge in [-0.2, -0.15) is 0 Å². The Kier molecular flexibility index (Phi) is 9.47. The molecule has 0 fully saturated rings. The number of pyridine rings is 1. The van der Waals surface area contributed by atoms with Crippen molar-refractivity contribution in [2.75, 3.05) is 9.80 Å². The molecule has 10 aromatic rings. The van der Waals surface area contributed by atoms with Crippen LogP contribution >= 0.6 is 0 Å². The van der Waals surface area contributed by atoms with Crippen molar-refractivity contribution in [3.05, 3.63) is 225 Å². The molecule has 2 aromatic heterocycles. The molecule has 0 unspecified atom stereocenters. The van der Waals surface area contributed by atoms with Crippen LogP contribution in [0.15, 0.2) is 229 Å². The van der Waals surface area contributed by atoms with Crippen LogP contribution in [0.3, 0.4) is 0 Å². The van der Waals surface area contributed by atoms with E-state index in [1.54, 1.807) is 6.20 Å². The quantitative estimate of drug-likeness (QED) is 0.138. The van der Waals surface area contributed by atoms with Crippen molar-refractivity contribution in [3.63, 3.8) is 0 Å². The standard InChI is InChI=1S/C53H37N5O/c1-5-15-45(16-6-1)57(46-17-7-2-8-18-46)49-35-44(36-50(37-49)58(47-19-9-3-10-20-47)48-21-11-4-12-22-48)42-29-28-41-34-43(31-30-40(41)33-42)53-56-55-52(59-53)39-26-24-38(25-27-39)51-23-13-14-32-54-51/h1-37H. The van der Waals surface area contributed by atoms with Crippen LogP contribution in [0.4, 0.5) is 34.1 Å². The molecule has 6 heteroatoms. The average Bonchev–Trinajstić information content (AvgIpc) is 3.81. The Morgan fingerprint density at radius 1 is 0.305 bits per heavy atom. The van der Waals surface area contributed by atoms with Gasteiger partial charge in [0.1, 0.15) is 0 Å². The summed E-state index contributed by atoms with van der Waals surface area (Å²) in [4.78, 5) is 9.10. The third-order valence-corrected chi connectivity index (χ3v) is 10.4. The first-order valence-corrected chi connectivity index (χ1v) is 19.6. The smallest absolute Gasteiger partial charge is 0.248 e. The predicted octanol–water partition coefficient (Wildman–Crippen LogP) is 14.2. The van der Waals surface area contributed by atoms with Crippen LogP contribution < -0.4 is 9.80 Å². The molecule has 0 spiro atoms. The fourth-order valence-electron chi connectivity index (χ4n) is 7.55. The first-order chi connectivity index (χ1) is 29.2. The number of rotatable bonds is 10. The Labute approximate surface area is 343 Å². The molecule has 0 radical (unpaired) electrons. The van der Waals surface area contributed by atoms with Gasteiger partial charge >= 0.3 is 0 Å². The minimum atomic E-state index is 0.471. The molecule has 0 aliphatic rings. The van der Waals surface area contributed by atoms with Gasteiger partial charge in [-0.1, -0.05) is 109 Å². The first-order valence-electron chi connectivity index (χ1n) is 19.6. The minimum absolute atomic E-state index is 0.471. The molecular weight excluding hydrogens is 723 g/mol. The van der Waals surface area contributed by atoms with Crippen molar-refractivity contribution in [1.29, 1.82) is 0 Å². The van der Waals surface area contributed by atoms with Gasteiger partial charge in [0.15, 0.2) is 0 Å². The Hall–Kier alpha value is -8.09. The third kappa shape index (κ3) is 7.34. The highest BCUT2D eigenvalue weighted by atomic mass is 16.4. The highest BCUT2D eigenvalue weighted by Crippen LogP contribution is 2.43. The number of benzene rings is 8. The van der Waals surface area contributed by atoms with Gasteiger partial charge in [-0.15, -0.1) is 10.2 Å². The number of nitrogens with zero attached hydrogens (tertiary/aromatic N) is 5. The molecule has 0 saturated heterocycles. The molecule has 0 aliphatic heterocycles. The van der Waals surface area contributed by atoms with Gasteiger partial charge < -0.3 is 14.2 Å². The molecule has 280 valence electrons. The van der Waals surface area contributed by atoms with E-state index < -0.39 is 0 Å². The van der Waals surface area contributed by atoms with E-state index >= 15 is 0 Å². The number of hydrogen-bond acceptors (Lipinski definition) is 6. The van der Waals surface area contributed by atoms with Gasteiger partial charge in [0, 0.05) is 57.0 Å². The van der Waals surface area contributed by atoms with E-state index in [0.717, 1.165) is 78.4 Å². The van der Waals surface area contributed by atoms with Gasteiger partial charge in [-0.05, 0) is 131 Å². The van der Waals surface area contributed by atoms with Crippen molar-refractivity contribution in [1.82, 2.24) is 15.2 Å². The van der Waals surface area contributed by atoms with Crippen LogP contribution in [-0.4, -0.2) is 15.2 Å². The monoisotopic (exact) mass is 759 g/mol. The van der Waals surface area contributed by atoms with Crippen LogP contribution in [0.5, 0.6) is 0 Å². The number of aromatic nitrogens is 3. The Morgan fingerprint density at radius 2 is 0.729 bits per heavy atom. The fraction of sp³-hybridized carbons (Fsp3) is 0. The second-order valence-corrected chi connectivity index (χ2v) is 14.2. The summed E-state index contributed by atoms with van der Waals surface area (Å²) in [5.41, 5.74) is 12.2. The van der Waals surface area contributed by atoms with E-state index in [0.29, 0.717) is 11.8 Å². The number of hydrogen-bond donors (Lipinski definition) is 0. The SMILES string of the molecule is c1ccc(N(c2ccccc2)c2cc(-c3ccc4cc(-c5nnc(-c6ccc(-c7ccccn7)cc6)o5)ccc4c3)cc(N(c3ccccc3)c3ccccc3)c2)cc1. The summed E-state index contributed by atoms with van der Waals surface area (Å²) in [5.74, 6) is 0.944. The van der Waals surface area contributed by atoms with Gasteiger partial charge in [-0.25, -0.2) is 0 Å². The highest BCUT2D eigenvalue weighted by molar-refractivity contribution is 5.93. The molecule has 8 aromatic carbocycles. The van der Waals surface area contributed by atoms with Crippen molar-refractivity contribution >= 4 is 44.9 Å². The maximum Gasteiger partial charge on any atom is 0.248 e. The van der Waals surface area contributed by atoms with Crippen LogP contribution in [0.25, 0.3) is 56.1 Å². The lowest BCUT2D eigenvalue weighted by molar-refractivity contribution is 0.584. The molecule has 59 heavy (non-hydrogen) atoms. The lowest BCUT2D eigenvalue weighted by Crippen LogP contribution is -2.13. The van der Waals surface area contributed by atoms with E-state index in [2.05, 4.69) is 201 Å². The average molecular weight is 760 g/mol. The Morgan fingerprint density at radius 3 is 1.22 bits per heavy atom. The summed E-state index contributed by atoms with van der Waals surface area (Å²) in [5, 5.41) is 11.0. The lowest BCUT2D eigenvalue weighted by Gasteiger charge is -2.30. The summed E-state index contributed by atoms with van der Waals surface area (Å²) in [6.07, 6.45) is 1.80. The van der Waals surface area contributed by atoms with Crippen LogP contribution in [0.1, 0.15) is 0 Å². The first kappa shape index (κ1) is 35.3. The minimum Gasteiger partial charge on any atom is -0.416 e. The summed E-state index contributed by atoms with van der Waals surface area (Å²) >= 11 is 0. The molecular formula is C53H37N5O. The van der Waals surface area contributed by atoms with Crippen molar-refractivity contribution in [2.24, 2.45) is 0 Å². The van der Waals surface area contributed by atoms with Crippen molar-refractivity contribution in [2.45, 2.75) is 0 Å². The van der Waals surface area contributed by atoms with E-state index in [1.807, 2.05) is 42.5 Å². The third-order valence-electron chi connectivity index (χ3n) is 10.4. The van der Waals surface area contributed by atoms with Gasteiger partial charge in [0.25, 0.3) is 0 Å². The zero-order valence-corrected chi connectivity index (χ0v) is 32.0. The molecule has 0 N–H and O–H groups in total. The molecule has 0 atom stereocenters. The second kappa shape index (κ2) is 15.8. The summed E-state index contributed by atoms with van der Waals surface area (Å²) in [7, 11) is 0. The molecule has 10 rings (SSSR count). The molecule has 0 amide bonds. The maximum atomic E-state index is 6.21. The largest absolute Gasteiger partial charge is 0.416 e. The van der Waals surface area contributed by atoms with Crippen LogP contribution in [0, 0.1) is 0 Å². The predicted molar refractivity (Wildman–Crippen MR) is 241 cm³/mol. The maximum absolute atomic E-state index is 6.21. The summed E-state index contributed by atoms with van der Waals surface area (Å²) in [6.45, 7) is 0. The highest BCUT2D eigenvalue weighted by Gasteiger charge is 2.20. The fourth-order valence-corrected chi connectivity index (χ4v) is 7.55. The lowest BCUT2D eigenvalue weighted by atomic mass is 9.98. The molecule has 6 nitrogen and oxygen atoms in total. The summed E-state index contributed by atoms with van der Waals surface area (Å²) < 4.78 is 6.21. The molecule has 2 heterocycles. The van der Waals surface area contributed by atoms with Gasteiger partial charge in [-0.3, -0.25) is 4.98 Å². The van der Waals surface area contributed by atoms with Crippen LogP contribution in [-0.2, 0) is 0 Å². The van der Waals surface area contributed by atoms with E-state index in [1.165, 1.54) is 0 Å². The van der Waals surface area contributed by atoms with Crippen LogP contribution in [0.2, 0.25) is 0 Å². The number of anilines is 6. The molecule has 0 saturated carbocycles. The van der Waals surface area contributed by atoms with Crippen molar-refractivity contribution in [3.8, 4) is 45.3 Å². The van der Waals surface area contributed by atoms with Gasteiger partial charge in [0.05, 0.1) is 5.69 Å². The molecule has 0 bridgehead atoms. The van der Waals surface area contributed by atoms with E-state index in [4.69, 9.17) is 4.42 Å². The Balaban J connectivity index is 1.05. The summed E-state index contributed by atoms with van der Waals surface area (Å²) in [6, 6.07) is 75.9. The number of para-hydroxylation sites is 4. The molecule has 0 aliphatic carbocycles. The van der Waals surface area contributed by atoms with E-state index in [9.17, 15) is 0 Å². The van der Waals surface area contributed by atoms with Gasteiger partial charge in [0.2, 0.25) is 11.8 Å². The number of fused-ring (bicyclic) bond motifs is 1. The Bertz CT molecular complexity index is 2790. The van der Waals surface area contributed by atoms with E-state index in [-0.39, 0.29) is 0 Å². The second-order valence-electron chi connectivity index (χ2n) is 14.2. The zero-order valence-electron chi connectivity index (χ0n) is 32.0.